The second-order valence-corrected chi connectivity index (χ2v) is 4.37. The average Bonchev–Trinajstić information content (AvgIpc) is 2.41. The van der Waals surface area contributed by atoms with Gasteiger partial charge in [-0.15, -0.1) is 0 Å². The maximum Gasteiger partial charge on any atom is 0.308 e. The van der Waals surface area contributed by atoms with E-state index in [0.29, 0.717) is 22.3 Å². The fourth-order valence-electron chi connectivity index (χ4n) is 1.81. The van der Waals surface area contributed by atoms with E-state index in [-0.39, 0.29) is 11.8 Å². The second kappa shape index (κ2) is 6.07. The van der Waals surface area contributed by atoms with E-state index >= 15 is 0 Å². The van der Waals surface area contributed by atoms with Crippen LogP contribution in [0.25, 0.3) is 10.8 Å². The molecule has 0 radical (unpaired) electrons. The molecule has 0 aliphatic rings. The van der Waals surface area contributed by atoms with Crippen molar-refractivity contribution in [2.45, 2.75) is 6.92 Å². The molecule has 2 aromatic rings. The number of carbonyl (C=O) groups excluding carboxylic acids is 1. The lowest BCUT2D eigenvalue weighted by Crippen LogP contribution is -2.04. The van der Waals surface area contributed by atoms with Crippen LogP contribution in [0.1, 0.15) is 6.92 Å². The van der Waals surface area contributed by atoms with Crippen LogP contribution < -0.4 is 9.47 Å². The van der Waals surface area contributed by atoms with Crippen LogP contribution in [0.15, 0.2) is 24.3 Å². The fraction of sp³-hybridized carbons (Fsp3) is 0.214. The van der Waals surface area contributed by atoms with Crippen LogP contribution in [0.3, 0.4) is 0 Å². The quantitative estimate of drug-likeness (QED) is 0.492. The highest BCUT2D eigenvalue weighted by atomic mass is 35.5. The van der Waals surface area contributed by atoms with Crippen LogP contribution >= 0.6 is 11.6 Å². The third-order valence-corrected chi connectivity index (χ3v) is 2.95. The Bertz CT molecular complexity index is 657. The molecule has 0 aliphatic heterocycles. The summed E-state index contributed by atoms with van der Waals surface area (Å²) in [6, 6.07) is 5.79. The summed E-state index contributed by atoms with van der Waals surface area (Å²) in [6.07, 6.45) is 0. The third kappa shape index (κ3) is 2.84. The van der Waals surface area contributed by atoms with Crippen LogP contribution in [-0.4, -0.2) is 19.9 Å². The predicted molar refractivity (Wildman–Crippen MR) is 72.7 cm³/mol. The van der Waals surface area contributed by atoms with Crippen LogP contribution in [0, 0.1) is 5.82 Å². The first-order valence-corrected chi connectivity index (χ1v) is 6.13. The standard InChI is InChI=1S/C14H12ClFO4/c1-8(17)20-11-5-6-12(19-7-18-2)13-9(11)3-4-10(16)14(13)15/h3-6H,7H2,1-2H3. The van der Waals surface area contributed by atoms with E-state index in [9.17, 15) is 9.18 Å². The van der Waals surface area contributed by atoms with Gasteiger partial charge in [0, 0.05) is 24.8 Å². The maximum atomic E-state index is 13.6. The molecule has 0 aromatic heterocycles. The SMILES string of the molecule is COCOc1ccc(OC(C)=O)c2ccc(F)c(Cl)c12. The van der Waals surface area contributed by atoms with Gasteiger partial charge >= 0.3 is 5.97 Å². The Kier molecular flexibility index (Phi) is 4.42. The molecule has 0 saturated carbocycles. The number of esters is 1. The lowest BCUT2D eigenvalue weighted by Gasteiger charge is -2.13. The van der Waals surface area contributed by atoms with Gasteiger partial charge in [-0.3, -0.25) is 4.79 Å². The second-order valence-electron chi connectivity index (χ2n) is 3.99. The molecule has 0 N–H and O–H groups in total. The lowest BCUT2D eigenvalue weighted by atomic mass is 10.1. The molecular weight excluding hydrogens is 287 g/mol. The molecule has 0 amide bonds. The lowest BCUT2D eigenvalue weighted by molar-refractivity contribution is -0.131. The molecule has 0 saturated heterocycles. The molecule has 106 valence electrons. The predicted octanol–water partition coefficient (Wildman–Crippen LogP) is 3.54. The van der Waals surface area contributed by atoms with Gasteiger partial charge in [-0.2, -0.15) is 0 Å². The summed E-state index contributed by atoms with van der Waals surface area (Å²) in [6.45, 7) is 1.28. The Hall–Kier alpha value is -1.85. The molecule has 0 aliphatic carbocycles. The molecule has 0 spiro atoms. The zero-order chi connectivity index (χ0) is 14.7. The van der Waals surface area contributed by atoms with Gasteiger partial charge < -0.3 is 14.2 Å². The molecule has 2 aromatic carbocycles. The summed E-state index contributed by atoms with van der Waals surface area (Å²) >= 11 is 5.98. The zero-order valence-corrected chi connectivity index (χ0v) is 11.7. The highest BCUT2D eigenvalue weighted by molar-refractivity contribution is 6.36. The smallest absolute Gasteiger partial charge is 0.308 e. The van der Waals surface area contributed by atoms with Gasteiger partial charge in [0.05, 0.1) is 5.02 Å². The molecule has 6 heteroatoms. The van der Waals surface area contributed by atoms with Crippen molar-refractivity contribution in [2.75, 3.05) is 13.9 Å². The summed E-state index contributed by atoms with van der Waals surface area (Å²) in [5, 5.41) is 0.727. The largest absolute Gasteiger partial charge is 0.467 e. The Morgan fingerprint density at radius 1 is 1.25 bits per heavy atom. The first-order valence-electron chi connectivity index (χ1n) is 5.75. The Morgan fingerprint density at radius 2 is 1.95 bits per heavy atom. The summed E-state index contributed by atoms with van der Waals surface area (Å²) in [5.74, 6) is -0.417. The number of hydrogen-bond donors (Lipinski definition) is 0. The molecule has 0 heterocycles. The number of halogens is 2. The minimum atomic E-state index is -0.582. The normalized spacial score (nSPS) is 10.6. The van der Waals surface area contributed by atoms with Crippen molar-refractivity contribution in [3.63, 3.8) is 0 Å². The molecule has 0 fully saturated rings. The topological polar surface area (TPSA) is 44.8 Å². The van der Waals surface area contributed by atoms with Crippen LogP contribution in [0.4, 0.5) is 4.39 Å². The molecule has 4 nitrogen and oxygen atoms in total. The van der Waals surface area contributed by atoms with E-state index in [4.69, 9.17) is 25.8 Å². The number of benzene rings is 2. The minimum absolute atomic E-state index is 0.00510. The summed E-state index contributed by atoms with van der Waals surface area (Å²) in [5.41, 5.74) is 0. The van der Waals surface area contributed by atoms with Crippen molar-refractivity contribution in [1.82, 2.24) is 0 Å². The van der Waals surface area contributed by atoms with Gasteiger partial charge in [-0.05, 0) is 24.3 Å². The Labute approximate surface area is 120 Å². The fourth-order valence-corrected chi connectivity index (χ4v) is 2.07. The first kappa shape index (κ1) is 14.6. The van der Waals surface area contributed by atoms with Crippen molar-refractivity contribution in [3.05, 3.63) is 35.1 Å². The zero-order valence-electron chi connectivity index (χ0n) is 10.9. The van der Waals surface area contributed by atoms with Gasteiger partial charge in [-0.1, -0.05) is 11.6 Å². The van der Waals surface area contributed by atoms with Gasteiger partial charge in [0.2, 0.25) is 0 Å². The van der Waals surface area contributed by atoms with Gasteiger partial charge in [-0.25, -0.2) is 4.39 Å². The van der Waals surface area contributed by atoms with E-state index in [1.807, 2.05) is 0 Å². The maximum absolute atomic E-state index is 13.6. The van der Waals surface area contributed by atoms with E-state index in [1.165, 1.54) is 26.2 Å². The summed E-state index contributed by atoms with van der Waals surface area (Å²) in [4.78, 5) is 11.1. The summed E-state index contributed by atoms with van der Waals surface area (Å²) in [7, 11) is 1.47. The van der Waals surface area contributed by atoms with E-state index in [2.05, 4.69) is 0 Å². The number of hydrogen-bond acceptors (Lipinski definition) is 4. The monoisotopic (exact) mass is 298 g/mol. The van der Waals surface area contributed by atoms with Crippen LogP contribution in [0.5, 0.6) is 11.5 Å². The number of carbonyl (C=O) groups is 1. The molecule has 20 heavy (non-hydrogen) atoms. The molecular formula is C14H12ClFO4. The van der Waals surface area contributed by atoms with Crippen molar-refractivity contribution in [1.29, 1.82) is 0 Å². The molecule has 0 unspecified atom stereocenters. The van der Waals surface area contributed by atoms with Gasteiger partial charge in [0.1, 0.15) is 17.3 Å². The van der Waals surface area contributed by atoms with Crippen molar-refractivity contribution in [2.24, 2.45) is 0 Å². The summed E-state index contributed by atoms with van der Waals surface area (Å²) < 4.78 is 28.9. The number of methoxy groups -OCH3 is 1. The number of ether oxygens (including phenoxy) is 3. The first-order chi connectivity index (χ1) is 9.54. The third-order valence-electron chi connectivity index (χ3n) is 2.58. The van der Waals surface area contributed by atoms with Crippen molar-refractivity contribution >= 4 is 28.3 Å². The average molecular weight is 299 g/mol. The van der Waals surface area contributed by atoms with Crippen LogP contribution in [0.2, 0.25) is 5.02 Å². The van der Waals surface area contributed by atoms with Gasteiger partial charge in [0.15, 0.2) is 6.79 Å². The molecule has 0 bridgehead atoms. The van der Waals surface area contributed by atoms with Crippen LogP contribution in [-0.2, 0) is 9.53 Å². The highest BCUT2D eigenvalue weighted by Crippen LogP contribution is 2.39. The number of rotatable bonds is 4. The van der Waals surface area contributed by atoms with E-state index in [0.717, 1.165) is 0 Å². The van der Waals surface area contributed by atoms with Crippen molar-refractivity contribution < 1.29 is 23.4 Å². The minimum Gasteiger partial charge on any atom is -0.467 e. The number of fused-ring (bicyclic) bond motifs is 1. The highest BCUT2D eigenvalue weighted by Gasteiger charge is 2.15. The van der Waals surface area contributed by atoms with Crippen molar-refractivity contribution in [3.8, 4) is 11.5 Å². The van der Waals surface area contributed by atoms with E-state index in [1.54, 1.807) is 12.1 Å². The van der Waals surface area contributed by atoms with Gasteiger partial charge in [0.25, 0.3) is 0 Å². The molecule has 2 rings (SSSR count). The molecule has 0 atom stereocenters. The Morgan fingerprint density at radius 3 is 2.60 bits per heavy atom. The van der Waals surface area contributed by atoms with E-state index < -0.39 is 11.8 Å². The Balaban J connectivity index is 2.65.